The van der Waals surface area contributed by atoms with Crippen LogP contribution < -0.4 is 10.2 Å². The number of hydrogen-bond donors (Lipinski definition) is 1. The Kier molecular flexibility index (Phi) is 6.80. The molecule has 0 radical (unpaired) electrons. The number of rotatable bonds is 5. The average molecular weight is 472 g/mol. The van der Waals surface area contributed by atoms with Crippen LogP contribution in [0.2, 0.25) is 5.02 Å². The number of aryl methyl sites for hydroxylation is 1. The number of amides is 1. The molecule has 0 aromatic heterocycles. The van der Waals surface area contributed by atoms with E-state index in [9.17, 15) is 9.59 Å². The van der Waals surface area contributed by atoms with Gasteiger partial charge in [-0.25, -0.2) is 10.2 Å². The molecule has 7 heteroatoms. The number of carbonyl (C=O) groups is 2. The molecule has 0 heterocycles. The molecule has 0 saturated heterocycles. The second-order valence-electron chi connectivity index (χ2n) is 6.14. The number of ether oxygens (including phenoxy) is 1. The highest BCUT2D eigenvalue weighted by molar-refractivity contribution is 9.10. The summed E-state index contributed by atoms with van der Waals surface area (Å²) in [5, 5.41) is 4.51. The van der Waals surface area contributed by atoms with E-state index in [4.69, 9.17) is 16.3 Å². The molecule has 0 spiro atoms. The van der Waals surface area contributed by atoms with Crippen LogP contribution in [-0.4, -0.2) is 18.1 Å². The Hall–Kier alpha value is -2.96. The van der Waals surface area contributed by atoms with E-state index >= 15 is 0 Å². The fourth-order valence-corrected chi connectivity index (χ4v) is 2.89. The Morgan fingerprint density at radius 1 is 1.00 bits per heavy atom. The summed E-state index contributed by atoms with van der Waals surface area (Å²) in [7, 11) is 0. The zero-order valence-electron chi connectivity index (χ0n) is 15.4. The summed E-state index contributed by atoms with van der Waals surface area (Å²) >= 11 is 9.20. The molecule has 0 atom stereocenters. The van der Waals surface area contributed by atoms with Crippen LogP contribution in [0.3, 0.4) is 0 Å². The van der Waals surface area contributed by atoms with Gasteiger partial charge in [0.2, 0.25) is 0 Å². The van der Waals surface area contributed by atoms with Gasteiger partial charge in [-0.3, -0.25) is 4.79 Å². The molecule has 3 rings (SSSR count). The molecule has 0 unspecified atom stereocenters. The topological polar surface area (TPSA) is 67.8 Å². The molecule has 1 N–H and O–H groups in total. The van der Waals surface area contributed by atoms with Crippen LogP contribution in [0.4, 0.5) is 0 Å². The van der Waals surface area contributed by atoms with Crippen LogP contribution in [0.1, 0.15) is 31.8 Å². The Morgan fingerprint density at radius 3 is 2.34 bits per heavy atom. The first-order valence-electron chi connectivity index (χ1n) is 8.60. The highest BCUT2D eigenvalue weighted by Gasteiger charge is 2.12. The van der Waals surface area contributed by atoms with E-state index in [1.807, 2.05) is 19.1 Å². The lowest BCUT2D eigenvalue weighted by Crippen LogP contribution is -2.17. The lowest BCUT2D eigenvalue weighted by molar-refractivity contribution is 0.0734. The van der Waals surface area contributed by atoms with Crippen molar-refractivity contribution in [2.75, 3.05) is 0 Å². The van der Waals surface area contributed by atoms with E-state index in [1.165, 1.54) is 6.21 Å². The van der Waals surface area contributed by atoms with E-state index < -0.39 is 5.97 Å². The van der Waals surface area contributed by atoms with Crippen LogP contribution in [0, 0.1) is 6.92 Å². The molecular formula is C22H16BrClN2O3. The molecule has 0 fully saturated rings. The van der Waals surface area contributed by atoms with Crippen LogP contribution >= 0.6 is 27.5 Å². The maximum absolute atomic E-state index is 12.4. The Labute approximate surface area is 181 Å². The van der Waals surface area contributed by atoms with Gasteiger partial charge in [0.05, 0.1) is 11.8 Å². The van der Waals surface area contributed by atoms with E-state index in [0.717, 1.165) is 10.0 Å². The van der Waals surface area contributed by atoms with Crippen molar-refractivity contribution in [1.29, 1.82) is 0 Å². The lowest BCUT2D eigenvalue weighted by atomic mass is 10.1. The monoisotopic (exact) mass is 470 g/mol. The van der Waals surface area contributed by atoms with Gasteiger partial charge in [0.1, 0.15) is 5.75 Å². The van der Waals surface area contributed by atoms with E-state index in [-0.39, 0.29) is 5.91 Å². The van der Waals surface area contributed by atoms with Crippen molar-refractivity contribution in [2.24, 2.45) is 5.10 Å². The standard InChI is InChI=1S/C22H16BrClN2O3/c1-14-2-4-16(5-3-14)22(28)29-20-11-8-18(23)12-17(20)13-25-26-21(27)15-6-9-19(24)10-7-15/h2-13H,1H3,(H,26,27)/b25-13+. The Balaban J connectivity index is 1.73. The summed E-state index contributed by atoms with van der Waals surface area (Å²) in [6.45, 7) is 1.94. The average Bonchev–Trinajstić information content (AvgIpc) is 2.70. The third-order valence-corrected chi connectivity index (χ3v) is 4.68. The minimum atomic E-state index is -0.479. The largest absolute Gasteiger partial charge is 0.422 e. The van der Waals surface area contributed by atoms with Crippen molar-refractivity contribution in [2.45, 2.75) is 6.92 Å². The number of carbonyl (C=O) groups excluding carboxylic acids is 2. The summed E-state index contributed by atoms with van der Waals surface area (Å²) < 4.78 is 6.28. The van der Waals surface area contributed by atoms with E-state index in [0.29, 0.717) is 27.5 Å². The highest BCUT2D eigenvalue weighted by atomic mass is 79.9. The maximum atomic E-state index is 12.4. The normalized spacial score (nSPS) is 10.7. The smallest absolute Gasteiger partial charge is 0.343 e. The van der Waals surface area contributed by atoms with E-state index in [1.54, 1.807) is 54.6 Å². The van der Waals surface area contributed by atoms with Gasteiger partial charge in [-0.15, -0.1) is 0 Å². The Morgan fingerprint density at radius 2 is 1.66 bits per heavy atom. The molecule has 0 aliphatic rings. The van der Waals surface area contributed by atoms with Crippen molar-refractivity contribution in [1.82, 2.24) is 5.43 Å². The quantitative estimate of drug-likeness (QED) is 0.235. The van der Waals surface area contributed by atoms with Crippen LogP contribution in [0.15, 0.2) is 76.3 Å². The third-order valence-electron chi connectivity index (χ3n) is 3.94. The fourth-order valence-electron chi connectivity index (χ4n) is 2.39. The van der Waals surface area contributed by atoms with Gasteiger partial charge in [0, 0.05) is 20.6 Å². The van der Waals surface area contributed by atoms with Gasteiger partial charge in [-0.05, 0) is 61.5 Å². The van der Waals surface area contributed by atoms with Gasteiger partial charge in [0.15, 0.2) is 0 Å². The zero-order valence-corrected chi connectivity index (χ0v) is 17.7. The summed E-state index contributed by atoms with van der Waals surface area (Å²) in [6.07, 6.45) is 1.41. The minimum absolute atomic E-state index is 0.322. The summed E-state index contributed by atoms with van der Waals surface area (Å²) in [5.74, 6) is -0.540. The van der Waals surface area contributed by atoms with Gasteiger partial charge < -0.3 is 4.74 Å². The Bertz CT molecular complexity index is 1060. The van der Waals surface area contributed by atoms with Crippen LogP contribution in [0.25, 0.3) is 0 Å². The molecule has 3 aromatic carbocycles. The van der Waals surface area contributed by atoms with Gasteiger partial charge >= 0.3 is 5.97 Å². The number of hydrogen-bond acceptors (Lipinski definition) is 4. The molecule has 0 saturated carbocycles. The van der Waals surface area contributed by atoms with Crippen molar-refractivity contribution in [3.63, 3.8) is 0 Å². The summed E-state index contributed by atoms with van der Waals surface area (Å²) in [5.41, 5.74) is 4.88. The SMILES string of the molecule is Cc1ccc(C(=O)Oc2ccc(Br)cc2/C=N/NC(=O)c2ccc(Cl)cc2)cc1. The first-order chi connectivity index (χ1) is 13.9. The first kappa shape index (κ1) is 20.8. The van der Waals surface area contributed by atoms with Crippen molar-refractivity contribution < 1.29 is 14.3 Å². The molecule has 5 nitrogen and oxygen atoms in total. The molecule has 1 amide bonds. The summed E-state index contributed by atoms with van der Waals surface area (Å²) in [6, 6.07) is 18.7. The predicted octanol–water partition coefficient (Wildman–Crippen LogP) is 5.39. The molecule has 3 aromatic rings. The third kappa shape index (κ3) is 5.76. The van der Waals surface area contributed by atoms with Crippen LogP contribution in [-0.2, 0) is 0 Å². The molecule has 146 valence electrons. The predicted molar refractivity (Wildman–Crippen MR) is 117 cm³/mol. The second-order valence-corrected chi connectivity index (χ2v) is 7.50. The minimum Gasteiger partial charge on any atom is -0.422 e. The number of nitrogens with zero attached hydrogens (tertiary/aromatic N) is 1. The summed E-state index contributed by atoms with van der Waals surface area (Å²) in [4.78, 5) is 24.5. The van der Waals surface area contributed by atoms with Gasteiger partial charge in [0.25, 0.3) is 5.91 Å². The van der Waals surface area contributed by atoms with Gasteiger partial charge in [-0.2, -0.15) is 5.10 Å². The molecule has 0 bridgehead atoms. The number of benzene rings is 3. The van der Waals surface area contributed by atoms with Crippen molar-refractivity contribution in [3.8, 4) is 5.75 Å². The van der Waals surface area contributed by atoms with Gasteiger partial charge in [-0.1, -0.05) is 45.2 Å². The fraction of sp³-hybridized carbons (Fsp3) is 0.0455. The van der Waals surface area contributed by atoms with Crippen molar-refractivity contribution >= 4 is 45.6 Å². The molecule has 29 heavy (non-hydrogen) atoms. The van der Waals surface area contributed by atoms with Crippen molar-refractivity contribution in [3.05, 3.63) is 98.5 Å². The number of hydrazone groups is 1. The zero-order chi connectivity index (χ0) is 20.8. The first-order valence-corrected chi connectivity index (χ1v) is 9.77. The number of halogens is 2. The number of esters is 1. The molecule has 0 aliphatic heterocycles. The highest BCUT2D eigenvalue weighted by Crippen LogP contribution is 2.23. The maximum Gasteiger partial charge on any atom is 0.343 e. The van der Waals surface area contributed by atoms with E-state index in [2.05, 4.69) is 26.5 Å². The number of nitrogens with one attached hydrogen (secondary N) is 1. The molecule has 0 aliphatic carbocycles. The lowest BCUT2D eigenvalue weighted by Gasteiger charge is -2.08. The van der Waals surface area contributed by atoms with Crippen LogP contribution in [0.5, 0.6) is 5.75 Å². The second kappa shape index (κ2) is 9.49. The molecular weight excluding hydrogens is 456 g/mol.